The van der Waals surface area contributed by atoms with Crippen molar-refractivity contribution < 1.29 is 8.78 Å². The van der Waals surface area contributed by atoms with Gasteiger partial charge in [-0.2, -0.15) is 0 Å². The average molecular weight is 193 g/mol. The Hall–Kier alpha value is -0.540. The summed E-state index contributed by atoms with van der Waals surface area (Å²) in [6, 6.07) is 3.05. The number of halogens is 3. The van der Waals surface area contributed by atoms with Crippen molar-refractivity contribution in [3.05, 3.63) is 35.4 Å². The van der Waals surface area contributed by atoms with Gasteiger partial charge < -0.3 is 0 Å². The smallest absolute Gasteiger partial charge is 0.135 e. The zero-order valence-electron chi connectivity index (χ0n) is 5.27. The van der Waals surface area contributed by atoms with Crippen LogP contribution in [0.3, 0.4) is 0 Å². The molecule has 0 aromatic heterocycles. The van der Waals surface area contributed by atoms with E-state index >= 15 is 0 Å². The first-order valence-electron chi connectivity index (χ1n) is 2.76. The standard InChI is InChI=1S/C7H3ClF2S/c8-7(11)5-2-1-4(9)3-6(5)10/h1-3H. The molecule has 4 heteroatoms. The minimum absolute atomic E-state index is 0.0584. The summed E-state index contributed by atoms with van der Waals surface area (Å²) < 4.78 is 24.9. The highest BCUT2D eigenvalue weighted by molar-refractivity contribution is 7.83. The van der Waals surface area contributed by atoms with Gasteiger partial charge in [-0.3, -0.25) is 0 Å². The van der Waals surface area contributed by atoms with Gasteiger partial charge in [0.1, 0.15) is 16.0 Å². The second-order valence-corrected chi connectivity index (χ2v) is 2.91. The first-order valence-corrected chi connectivity index (χ1v) is 3.55. The molecule has 1 rings (SSSR count). The fourth-order valence-electron chi connectivity index (χ4n) is 0.649. The Morgan fingerprint density at radius 1 is 1.36 bits per heavy atom. The van der Waals surface area contributed by atoms with Gasteiger partial charge in [-0.15, -0.1) is 0 Å². The lowest BCUT2D eigenvalue weighted by Crippen LogP contribution is -1.93. The molecule has 0 bridgehead atoms. The Morgan fingerprint density at radius 3 is 2.45 bits per heavy atom. The number of hydrogen-bond acceptors (Lipinski definition) is 1. The molecule has 0 spiro atoms. The normalized spacial score (nSPS) is 9.73. The minimum atomic E-state index is -0.731. The highest BCUT2D eigenvalue weighted by Crippen LogP contribution is 2.12. The van der Waals surface area contributed by atoms with E-state index in [1.54, 1.807) is 0 Å². The van der Waals surface area contributed by atoms with Crippen LogP contribution in [0.5, 0.6) is 0 Å². The molecule has 0 amide bonds. The Balaban J connectivity index is 3.20. The van der Waals surface area contributed by atoms with Crippen molar-refractivity contribution in [2.24, 2.45) is 0 Å². The van der Waals surface area contributed by atoms with Crippen LogP contribution in [0.15, 0.2) is 18.2 Å². The van der Waals surface area contributed by atoms with E-state index in [1.165, 1.54) is 6.07 Å². The molecule has 0 fully saturated rings. The summed E-state index contributed by atoms with van der Waals surface area (Å²) in [5, 5.41) is 0. The van der Waals surface area contributed by atoms with Crippen LogP contribution >= 0.6 is 23.8 Å². The molecule has 0 heterocycles. The quantitative estimate of drug-likeness (QED) is 0.487. The van der Waals surface area contributed by atoms with Gasteiger partial charge in [0, 0.05) is 11.6 Å². The Morgan fingerprint density at radius 2 is 2.00 bits per heavy atom. The molecule has 0 unspecified atom stereocenters. The number of thiocarbonyl (C=S) groups is 1. The fraction of sp³-hybridized carbons (Fsp3) is 0. The van der Waals surface area contributed by atoms with Crippen molar-refractivity contribution >= 4 is 28.1 Å². The molecular formula is C7H3ClF2S. The van der Waals surface area contributed by atoms with Crippen molar-refractivity contribution in [3.63, 3.8) is 0 Å². The van der Waals surface area contributed by atoms with Crippen molar-refractivity contribution in [1.29, 1.82) is 0 Å². The van der Waals surface area contributed by atoms with Gasteiger partial charge in [0.2, 0.25) is 0 Å². The van der Waals surface area contributed by atoms with Gasteiger partial charge in [0.25, 0.3) is 0 Å². The molecule has 0 saturated heterocycles. The van der Waals surface area contributed by atoms with Gasteiger partial charge >= 0.3 is 0 Å². The monoisotopic (exact) mass is 192 g/mol. The maximum absolute atomic E-state index is 12.7. The summed E-state index contributed by atoms with van der Waals surface area (Å²) in [6.45, 7) is 0. The molecule has 0 saturated carbocycles. The lowest BCUT2D eigenvalue weighted by molar-refractivity contribution is 0.582. The van der Waals surface area contributed by atoms with Crippen LogP contribution in [0.4, 0.5) is 8.78 Å². The second kappa shape index (κ2) is 3.24. The molecule has 11 heavy (non-hydrogen) atoms. The second-order valence-electron chi connectivity index (χ2n) is 1.90. The van der Waals surface area contributed by atoms with E-state index in [0.717, 1.165) is 12.1 Å². The van der Waals surface area contributed by atoms with E-state index in [2.05, 4.69) is 12.2 Å². The molecular weight excluding hydrogens is 190 g/mol. The Bertz CT molecular complexity index is 298. The lowest BCUT2D eigenvalue weighted by Gasteiger charge is -1.96. The van der Waals surface area contributed by atoms with E-state index in [4.69, 9.17) is 11.6 Å². The summed E-state index contributed by atoms with van der Waals surface area (Å²) in [4.78, 5) is 0. The minimum Gasteiger partial charge on any atom is -0.207 e. The Labute approximate surface area is 72.8 Å². The molecule has 0 atom stereocenters. The van der Waals surface area contributed by atoms with Crippen LogP contribution in [0.25, 0.3) is 0 Å². The molecule has 1 aromatic carbocycles. The van der Waals surface area contributed by atoms with Crippen LogP contribution < -0.4 is 0 Å². The van der Waals surface area contributed by atoms with Gasteiger partial charge in [0.15, 0.2) is 0 Å². The first kappa shape index (κ1) is 8.56. The van der Waals surface area contributed by atoms with Gasteiger partial charge in [-0.1, -0.05) is 23.8 Å². The highest BCUT2D eigenvalue weighted by Gasteiger charge is 2.05. The molecule has 0 aliphatic carbocycles. The van der Waals surface area contributed by atoms with Crippen LogP contribution in [0.1, 0.15) is 5.56 Å². The molecule has 0 aliphatic heterocycles. The fourth-order valence-corrected chi connectivity index (χ4v) is 0.968. The van der Waals surface area contributed by atoms with E-state index in [9.17, 15) is 8.78 Å². The zero-order chi connectivity index (χ0) is 8.43. The van der Waals surface area contributed by atoms with Crippen molar-refractivity contribution in [2.75, 3.05) is 0 Å². The summed E-state index contributed by atoms with van der Waals surface area (Å²) in [5.41, 5.74) is 0.0584. The van der Waals surface area contributed by atoms with Gasteiger partial charge in [-0.25, -0.2) is 8.78 Å². The summed E-state index contributed by atoms with van der Waals surface area (Å²) in [6.07, 6.45) is 0. The van der Waals surface area contributed by atoms with Crippen LogP contribution in [0, 0.1) is 11.6 Å². The predicted molar refractivity (Wildman–Crippen MR) is 43.9 cm³/mol. The van der Waals surface area contributed by atoms with Gasteiger partial charge in [-0.05, 0) is 12.1 Å². The largest absolute Gasteiger partial charge is 0.207 e. The third kappa shape index (κ3) is 1.94. The third-order valence-corrected chi connectivity index (χ3v) is 1.57. The molecule has 0 N–H and O–H groups in total. The zero-order valence-corrected chi connectivity index (χ0v) is 6.85. The van der Waals surface area contributed by atoms with E-state index < -0.39 is 11.6 Å². The lowest BCUT2D eigenvalue weighted by atomic mass is 10.2. The van der Waals surface area contributed by atoms with Crippen LogP contribution in [-0.2, 0) is 0 Å². The number of rotatable bonds is 1. The molecule has 58 valence electrons. The van der Waals surface area contributed by atoms with Crippen molar-refractivity contribution in [1.82, 2.24) is 0 Å². The number of benzene rings is 1. The maximum Gasteiger partial charge on any atom is 0.135 e. The summed E-state index contributed by atoms with van der Waals surface area (Å²) >= 11 is 9.83. The highest BCUT2D eigenvalue weighted by atomic mass is 35.5. The predicted octanol–water partition coefficient (Wildman–Crippen LogP) is 2.88. The SMILES string of the molecule is Fc1ccc(C(=S)Cl)c(F)c1. The van der Waals surface area contributed by atoms with Gasteiger partial charge in [0.05, 0.1) is 0 Å². The van der Waals surface area contributed by atoms with Crippen LogP contribution in [0.2, 0.25) is 0 Å². The Kier molecular flexibility index (Phi) is 2.52. The molecule has 1 aromatic rings. The average Bonchev–Trinajstić information content (AvgIpc) is 1.85. The third-order valence-electron chi connectivity index (χ3n) is 1.14. The number of hydrogen-bond donors (Lipinski definition) is 0. The summed E-state index contributed by atoms with van der Waals surface area (Å²) in [5.74, 6) is -1.37. The van der Waals surface area contributed by atoms with E-state index in [0.29, 0.717) is 0 Å². The van der Waals surface area contributed by atoms with E-state index in [-0.39, 0.29) is 9.89 Å². The van der Waals surface area contributed by atoms with Crippen molar-refractivity contribution in [2.45, 2.75) is 0 Å². The van der Waals surface area contributed by atoms with Crippen LogP contribution in [-0.4, -0.2) is 4.32 Å². The molecule has 0 aliphatic rings. The summed E-state index contributed by atoms with van der Waals surface area (Å²) in [7, 11) is 0. The van der Waals surface area contributed by atoms with E-state index in [1.807, 2.05) is 0 Å². The molecule has 0 nitrogen and oxygen atoms in total. The molecule has 0 radical (unpaired) electrons. The first-order chi connectivity index (χ1) is 5.11. The van der Waals surface area contributed by atoms with Crippen molar-refractivity contribution in [3.8, 4) is 0 Å². The topological polar surface area (TPSA) is 0 Å². The maximum atomic E-state index is 12.7.